The molecule has 1 aliphatic carbocycles. The summed E-state index contributed by atoms with van der Waals surface area (Å²) >= 11 is 12.9. The number of amides is 1. The highest BCUT2D eigenvalue weighted by molar-refractivity contribution is 7.80. The summed E-state index contributed by atoms with van der Waals surface area (Å²) in [6.45, 7) is 4.10. The number of carbonyl (C=O) groups is 1. The lowest BCUT2D eigenvalue weighted by molar-refractivity contribution is 0.0977. The highest BCUT2D eigenvalue weighted by Crippen LogP contribution is 2.39. The summed E-state index contributed by atoms with van der Waals surface area (Å²) in [6.07, 6.45) is 2.99. The van der Waals surface area contributed by atoms with E-state index in [1.165, 1.54) is 4.88 Å². The van der Waals surface area contributed by atoms with Crippen molar-refractivity contribution in [3.8, 4) is 6.07 Å². The van der Waals surface area contributed by atoms with E-state index in [0.29, 0.717) is 27.1 Å². The van der Waals surface area contributed by atoms with Crippen molar-refractivity contribution in [2.24, 2.45) is 5.92 Å². The number of nitrogens with one attached hydrogen (secondary N) is 2. The van der Waals surface area contributed by atoms with Crippen LogP contribution in [0.2, 0.25) is 5.02 Å². The first-order valence-electron chi connectivity index (χ1n) is 8.32. The first-order valence-corrected chi connectivity index (χ1v) is 9.92. The molecule has 0 aliphatic heterocycles. The summed E-state index contributed by atoms with van der Waals surface area (Å²) in [7, 11) is 0. The van der Waals surface area contributed by atoms with E-state index in [9.17, 15) is 10.1 Å². The number of hydrogen-bond acceptors (Lipinski definition) is 4. The van der Waals surface area contributed by atoms with Crippen LogP contribution in [0.15, 0.2) is 18.2 Å². The van der Waals surface area contributed by atoms with Crippen LogP contribution < -0.4 is 10.6 Å². The molecule has 1 aliphatic rings. The van der Waals surface area contributed by atoms with Crippen LogP contribution in [-0.2, 0) is 12.8 Å². The Hall–Kier alpha value is -1.94. The predicted molar refractivity (Wildman–Crippen MR) is 110 cm³/mol. The first-order chi connectivity index (χ1) is 12.4. The van der Waals surface area contributed by atoms with Gasteiger partial charge in [-0.15, -0.1) is 11.3 Å². The Bertz CT molecular complexity index is 930. The molecule has 0 spiro atoms. The number of rotatable bonds is 2. The molecule has 0 radical (unpaired) electrons. The van der Waals surface area contributed by atoms with Crippen LogP contribution in [-0.4, -0.2) is 11.0 Å². The minimum absolute atomic E-state index is 0.176. The first kappa shape index (κ1) is 18.8. The lowest BCUT2D eigenvalue weighted by atomic mass is 9.89. The van der Waals surface area contributed by atoms with Gasteiger partial charge in [-0.2, -0.15) is 5.26 Å². The Morgan fingerprint density at radius 2 is 2.23 bits per heavy atom. The number of halogens is 1. The molecule has 2 aromatic rings. The molecule has 3 rings (SSSR count). The van der Waals surface area contributed by atoms with Gasteiger partial charge in [0.25, 0.3) is 5.91 Å². The Morgan fingerprint density at radius 1 is 1.46 bits per heavy atom. The van der Waals surface area contributed by atoms with Crippen molar-refractivity contribution in [1.29, 1.82) is 5.26 Å². The van der Waals surface area contributed by atoms with Gasteiger partial charge in [0.05, 0.1) is 5.56 Å². The number of aryl methyl sites for hydroxylation is 1. The van der Waals surface area contributed by atoms with Crippen LogP contribution in [0, 0.1) is 24.2 Å². The molecule has 1 aromatic carbocycles. The van der Waals surface area contributed by atoms with Gasteiger partial charge in [0.1, 0.15) is 11.1 Å². The Balaban J connectivity index is 1.73. The number of anilines is 1. The van der Waals surface area contributed by atoms with E-state index in [2.05, 4.69) is 23.6 Å². The average molecular weight is 404 g/mol. The molecular formula is C19H18ClN3OS2. The van der Waals surface area contributed by atoms with Gasteiger partial charge in [-0.25, -0.2) is 0 Å². The van der Waals surface area contributed by atoms with Crippen molar-refractivity contribution in [3.63, 3.8) is 0 Å². The summed E-state index contributed by atoms with van der Waals surface area (Å²) in [4.78, 5) is 13.6. The smallest absolute Gasteiger partial charge is 0.257 e. The van der Waals surface area contributed by atoms with Gasteiger partial charge < -0.3 is 5.32 Å². The van der Waals surface area contributed by atoms with Crippen LogP contribution in [0.4, 0.5) is 5.00 Å². The molecule has 1 atom stereocenters. The lowest BCUT2D eigenvalue weighted by Crippen LogP contribution is -2.34. The zero-order valence-corrected chi connectivity index (χ0v) is 16.9. The monoisotopic (exact) mass is 403 g/mol. The second-order valence-electron chi connectivity index (χ2n) is 6.54. The molecule has 0 fully saturated rings. The molecule has 1 amide bonds. The van der Waals surface area contributed by atoms with E-state index in [-0.39, 0.29) is 11.0 Å². The third-order valence-electron chi connectivity index (χ3n) is 4.51. The minimum atomic E-state index is -0.335. The van der Waals surface area contributed by atoms with E-state index < -0.39 is 0 Å². The van der Waals surface area contributed by atoms with E-state index in [1.807, 2.05) is 6.92 Å². The van der Waals surface area contributed by atoms with Gasteiger partial charge in [0.15, 0.2) is 5.11 Å². The van der Waals surface area contributed by atoms with Crippen LogP contribution in [0.3, 0.4) is 0 Å². The van der Waals surface area contributed by atoms with Crippen LogP contribution in [0.5, 0.6) is 0 Å². The lowest BCUT2D eigenvalue weighted by Gasteiger charge is -2.17. The molecular weight excluding hydrogens is 386 g/mol. The van der Waals surface area contributed by atoms with Gasteiger partial charge in [-0.1, -0.05) is 24.6 Å². The van der Waals surface area contributed by atoms with Crippen molar-refractivity contribution in [2.75, 3.05) is 5.32 Å². The highest BCUT2D eigenvalue weighted by Gasteiger charge is 2.24. The standard InChI is InChI=1S/C19H18ClN3OS2/c1-10-3-6-13-14(9-21)18(26-16(13)7-10)23-19(25)22-17(24)12-5-4-11(2)15(20)8-12/h4-5,8,10H,3,6-7H2,1-2H3,(H2,22,23,24,25)/t10-/m1/s1. The molecule has 1 heterocycles. The number of nitriles is 1. The molecule has 7 heteroatoms. The largest absolute Gasteiger partial charge is 0.323 e. The van der Waals surface area contributed by atoms with Crippen molar-refractivity contribution in [1.82, 2.24) is 5.32 Å². The SMILES string of the molecule is Cc1ccc(C(=O)NC(=S)Nc2sc3c(c2C#N)CC[C@@H](C)C3)cc1Cl. The maximum absolute atomic E-state index is 12.3. The fraction of sp³-hybridized carbons (Fsp3) is 0.316. The quantitative estimate of drug-likeness (QED) is 0.704. The third-order valence-corrected chi connectivity index (χ3v) is 6.29. The van der Waals surface area contributed by atoms with Crippen molar-refractivity contribution < 1.29 is 4.79 Å². The molecule has 134 valence electrons. The van der Waals surface area contributed by atoms with Gasteiger partial charge in [-0.3, -0.25) is 10.1 Å². The number of hydrogen-bond donors (Lipinski definition) is 2. The molecule has 26 heavy (non-hydrogen) atoms. The van der Waals surface area contributed by atoms with Gasteiger partial charge in [-0.05, 0) is 67.6 Å². The number of nitrogens with zero attached hydrogens (tertiary/aromatic N) is 1. The van der Waals surface area contributed by atoms with E-state index in [0.717, 1.165) is 30.4 Å². The normalized spacial score (nSPS) is 15.7. The minimum Gasteiger partial charge on any atom is -0.323 e. The maximum Gasteiger partial charge on any atom is 0.257 e. The van der Waals surface area contributed by atoms with Crippen LogP contribution >= 0.6 is 35.2 Å². The summed E-state index contributed by atoms with van der Waals surface area (Å²) in [6, 6.07) is 7.38. The number of benzene rings is 1. The van der Waals surface area contributed by atoms with E-state index in [4.69, 9.17) is 23.8 Å². The Morgan fingerprint density at radius 3 is 2.92 bits per heavy atom. The number of thiocarbonyl (C=S) groups is 1. The zero-order chi connectivity index (χ0) is 18.8. The van der Waals surface area contributed by atoms with Gasteiger partial charge in [0, 0.05) is 15.5 Å². The highest BCUT2D eigenvalue weighted by atomic mass is 35.5. The molecule has 1 aromatic heterocycles. The summed E-state index contributed by atoms with van der Waals surface area (Å²) in [5.41, 5.74) is 3.11. The topological polar surface area (TPSA) is 64.9 Å². The van der Waals surface area contributed by atoms with Crippen LogP contribution in [0.1, 0.15) is 45.3 Å². The van der Waals surface area contributed by atoms with E-state index in [1.54, 1.807) is 29.5 Å². The predicted octanol–water partition coefficient (Wildman–Crippen LogP) is 4.83. The molecule has 2 N–H and O–H groups in total. The third kappa shape index (κ3) is 3.90. The maximum atomic E-state index is 12.3. The molecule has 0 saturated heterocycles. The number of fused-ring (bicyclic) bond motifs is 1. The van der Waals surface area contributed by atoms with E-state index >= 15 is 0 Å². The van der Waals surface area contributed by atoms with Crippen molar-refractivity contribution in [2.45, 2.75) is 33.1 Å². The summed E-state index contributed by atoms with van der Waals surface area (Å²) < 4.78 is 0. The molecule has 0 unspecified atom stereocenters. The van der Waals surface area contributed by atoms with Gasteiger partial charge in [0.2, 0.25) is 0 Å². The molecule has 4 nitrogen and oxygen atoms in total. The fourth-order valence-corrected chi connectivity index (χ4v) is 4.81. The van der Waals surface area contributed by atoms with Crippen LogP contribution in [0.25, 0.3) is 0 Å². The fourth-order valence-electron chi connectivity index (χ4n) is 3.00. The second-order valence-corrected chi connectivity index (χ2v) is 8.46. The summed E-state index contributed by atoms with van der Waals surface area (Å²) in [5.74, 6) is 0.288. The zero-order valence-electron chi connectivity index (χ0n) is 14.5. The van der Waals surface area contributed by atoms with Crippen molar-refractivity contribution in [3.05, 3.63) is 50.4 Å². The molecule has 0 saturated carbocycles. The van der Waals surface area contributed by atoms with Crippen molar-refractivity contribution >= 4 is 51.2 Å². The van der Waals surface area contributed by atoms with Gasteiger partial charge >= 0.3 is 0 Å². The average Bonchev–Trinajstić information content (AvgIpc) is 2.92. The molecule has 0 bridgehead atoms. The second kappa shape index (κ2) is 7.75. The number of thiophene rings is 1. The summed E-state index contributed by atoms with van der Waals surface area (Å²) in [5, 5.41) is 16.6. The Labute approximate surface area is 167 Å². The number of carbonyl (C=O) groups excluding carboxylic acids is 1. The Kier molecular flexibility index (Phi) is 5.61.